The summed E-state index contributed by atoms with van der Waals surface area (Å²) in [7, 11) is 0. The Bertz CT molecular complexity index is 725. The molecule has 0 spiro atoms. The van der Waals surface area contributed by atoms with Gasteiger partial charge in [0.25, 0.3) is 5.91 Å². The Labute approximate surface area is 157 Å². The summed E-state index contributed by atoms with van der Waals surface area (Å²) in [6.07, 6.45) is 0.941. The number of nitrogens with one attached hydrogen (secondary N) is 1. The van der Waals surface area contributed by atoms with Crippen molar-refractivity contribution in [3.63, 3.8) is 0 Å². The van der Waals surface area contributed by atoms with Crippen molar-refractivity contribution < 1.29 is 9.53 Å². The molecule has 4 nitrogen and oxygen atoms in total. The molecule has 132 valence electrons. The van der Waals surface area contributed by atoms with Gasteiger partial charge in [-0.15, -0.1) is 0 Å². The van der Waals surface area contributed by atoms with Crippen LogP contribution in [0.4, 0.5) is 0 Å². The van der Waals surface area contributed by atoms with Crippen LogP contribution >= 0.6 is 23.2 Å². The van der Waals surface area contributed by atoms with Crippen molar-refractivity contribution in [3.05, 3.63) is 64.1 Å². The third-order valence-electron chi connectivity index (χ3n) is 4.14. The topological polar surface area (TPSA) is 41.6 Å². The van der Waals surface area contributed by atoms with E-state index >= 15 is 0 Å². The van der Waals surface area contributed by atoms with Crippen molar-refractivity contribution in [2.45, 2.75) is 19.0 Å². The van der Waals surface area contributed by atoms with Crippen LogP contribution in [-0.2, 0) is 11.3 Å². The van der Waals surface area contributed by atoms with E-state index in [0.29, 0.717) is 15.8 Å². The number of nitrogens with zero attached hydrogens (tertiary/aromatic N) is 1. The van der Waals surface area contributed by atoms with E-state index in [0.717, 1.165) is 26.1 Å². The van der Waals surface area contributed by atoms with Gasteiger partial charge in [0.2, 0.25) is 0 Å². The largest absolute Gasteiger partial charge is 0.482 e. The fourth-order valence-corrected chi connectivity index (χ4v) is 3.27. The van der Waals surface area contributed by atoms with Crippen LogP contribution in [0, 0.1) is 0 Å². The van der Waals surface area contributed by atoms with Crippen molar-refractivity contribution in [1.29, 1.82) is 0 Å². The minimum Gasteiger partial charge on any atom is -0.482 e. The van der Waals surface area contributed by atoms with Crippen LogP contribution in [-0.4, -0.2) is 36.5 Å². The zero-order valence-electron chi connectivity index (χ0n) is 13.8. The van der Waals surface area contributed by atoms with Gasteiger partial charge in [-0.05, 0) is 24.1 Å². The Morgan fingerprint density at radius 2 is 2.00 bits per heavy atom. The smallest absolute Gasteiger partial charge is 0.258 e. The molecule has 1 aliphatic rings. The van der Waals surface area contributed by atoms with Gasteiger partial charge in [0.15, 0.2) is 6.61 Å². The molecule has 1 N–H and O–H groups in total. The van der Waals surface area contributed by atoms with Crippen molar-refractivity contribution in [3.8, 4) is 5.75 Å². The Balaban J connectivity index is 1.43. The average molecular weight is 379 g/mol. The standard InChI is InChI=1S/C19H20Cl2N2O2/c20-15-6-7-17(21)18(10-15)25-13-19(24)22-16-8-9-23(12-16)11-14-4-2-1-3-5-14/h1-7,10,16H,8-9,11-13H2,(H,22,24). The lowest BCUT2D eigenvalue weighted by Gasteiger charge is -2.17. The molecule has 0 aromatic heterocycles. The van der Waals surface area contributed by atoms with Crippen LogP contribution in [0.2, 0.25) is 10.0 Å². The van der Waals surface area contributed by atoms with Crippen molar-refractivity contribution in [2.24, 2.45) is 0 Å². The number of carbonyl (C=O) groups is 1. The van der Waals surface area contributed by atoms with E-state index in [1.54, 1.807) is 18.2 Å². The molecule has 0 saturated carbocycles. The van der Waals surface area contributed by atoms with E-state index in [-0.39, 0.29) is 18.6 Å². The minimum absolute atomic E-state index is 0.0742. The van der Waals surface area contributed by atoms with Crippen LogP contribution in [0.15, 0.2) is 48.5 Å². The number of halogens is 2. The molecule has 1 atom stereocenters. The summed E-state index contributed by atoms with van der Waals surface area (Å²) in [6, 6.07) is 15.4. The maximum absolute atomic E-state index is 12.1. The monoisotopic (exact) mass is 378 g/mol. The highest BCUT2D eigenvalue weighted by molar-refractivity contribution is 6.34. The molecule has 2 aromatic rings. The van der Waals surface area contributed by atoms with Gasteiger partial charge in [0.05, 0.1) is 5.02 Å². The highest BCUT2D eigenvalue weighted by atomic mass is 35.5. The first kappa shape index (κ1) is 18.1. The summed E-state index contributed by atoms with van der Waals surface area (Å²) in [4.78, 5) is 14.4. The second kappa shape index (κ2) is 8.56. The van der Waals surface area contributed by atoms with E-state index < -0.39 is 0 Å². The van der Waals surface area contributed by atoms with Gasteiger partial charge < -0.3 is 10.1 Å². The lowest BCUT2D eigenvalue weighted by Crippen LogP contribution is -2.39. The van der Waals surface area contributed by atoms with Crippen molar-refractivity contribution in [1.82, 2.24) is 10.2 Å². The molecule has 6 heteroatoms. The molecule has 3 rings (SSSR count). The normalized spacial score (nSPS) is 17.4. The maximum Gasteiger partial charge on any atom is 0.258 e. The Morgan fingerprint density at radius 1 is 1.20 bits per heavy atom. The second-order valence-corrected chi connectivity index (χ2v) is 6.98. The molecule has 1 heterocycles. The molecule has 0 bridgehead atoms. The number of carbonyl (C=O) groups excluding carboxylic acids is 1. The molecule has 1 saturated heterocycles. The zero-order chi connectivity index (χ0) is 17.6. The predicted molar refractivity (Wildman–Crippen MR) is 100 cm³/mol. The van der Waals surface area contributed by atoms with Crippen molar-refractivity contribution in [2.75, 3.05) is 19.7 Å². The number of ether oxygens (including phenoxy) is 1. The minimum atomic E-state index is -0.150. The zero-order valence-corrected chi connectivity index (χ0v) is 15.3. The predicted octanol–water partition coefficient (Wildman–Crippen LogP) is 3.76. The van der Waals surface area contributed by atoms with E-state index in [2.05, 4.69) is 22.3 Å². The first-order chi connectivity index (χ1) is 12.1. The molecule has 1 unspecified atom stereocenters. The summed E-state index contributed by atoms with van der Waals surface area (Å²) >= 11 is 11.9. The molecule has 0 radical (unpaired) electrons. The highest BCUT2D eigenvalue weighted by Gasteiger charge is 2.24. The summed E-state index contributed by atoms with van der Waals surface area (Å²) < 4.78 is 5.47. The third-order valence-corrected chi connectivity index (χ3v) is 4.69. The lowest BCUT2D eigenvalue weighted by molar-refractivity contribution is -0.123. The molecule has 1 aliphatic heterocycles. The fraction of sp³-hybridized carbons (Fsp3) is 0.316. The number of likely N-dealkylation sites (tertiary alicyclic amines) is 1. The highest BCUT2D eigenvalue weighted by Crippen LogP contribution is 2.27. The van der Waals surface area contributed by atoms with E-state index in [9.17, 15) is 4.79 Å². The third kappa shape index (κ3) is 5.36. The van der Waals surface area contributed by atoms with Gasteiger partial charge in [0, 0.05) is 36.8 Å². The molecule has 0 aliphatic carbocycles. The summed E-state index contributed by atoms with van der Waals surface area (Å²) in [5, 5.41) is 3.97. The molecule has 2 aromatic carbocycles. The van der Waals surface area contributed by atoms with Gasteiger partial charge in [-0.1, -0.05) is 53.5 Å². The number of hydrogen-bond donors (Lipinski definition) is 1. The van der Waals surface area contributed by atoms with Crippen LogP contribution in [0.1, 0.15) is 12.0 Å². The van der Waals surface area contributed by atoms with Gasteiger partial charge >= 0.3 is 0 Å². The van der Waals surface area contributed by atoms with Gasteiger partial charge in [0.1, 0.15) is 5.75 Å². The molecular formula is C19H20Cl2N2O2. The first-order valence-electron chi connectivity index (χ1n) is 8.23. The maximum atomic E-state index is 12.1. The fourth-order valence-electron chi connectivity index (χ4n) is 2.94. The average Bonchev–Trinajstić information content (AvgIpc) is 3.03. The number of amides is 1. The lowest BCUT2D eigenvalue weighted by atomic mass is 10.2. The molecule has 1 fully saturated rings. The number of benzene rings is 2. The Morgan fingerprint density at radius 3 is 2.80 bits per heavy atom. The van der Waals surface area contributed by atoms with Gasteiger partial charge in [-0.2, -0.15) is 0 Å². The van der Waals surface area contributed by atoms with Crippen LogP contribution in [0.3, 0.4) is 0 Å². The second-order valence-electron chi connectivity index (χ2n) is 6.14. The van der Waals surface area contributed by atoms with E-state index in [1.807, 2.05) is 18.2 Å². The summed E-state index contributed by atoms with van der Waals surface area (Å²) in [5.41, 5.74) is 1.29. The first-order valence-corrected chi connectivity index (χ1v) is 8.99. The Kier molecular flexibility index (Phi) is 6.19. The van der Waals surface area contributed by atoms with E-state index in [1.165, 1.54) is 5.56 Å². The van der Waals surface area contributed by atoms with E-state index in [4.69, 9.17) is 27.9 Å². The summed E-state index contributed by atoms with van der Waals surface area (Å²) in [5.74, 6) is 0.268. The van der Waals surface area contributed by atoms with Crippen LogP contribution in [0.5, 0.6) is 5.75 Å². The number of rotatable bonds is 6. The summed E-state index contributed by atoms with van der Waals surface area (Å²) in [6.45, 7) is 2.65. The molecule has 1 amide bonds. The molecular weight excluding hydrogens is 359 g/mol. The van der Waals surface area contributed by atoms with Crippen LogP contribution < -0.4 is 10.1 Å². The van der Waals surface area contributed by atoms with Gasteiger partial charge in [-0.3, -0.25) is 9.69 Å². The van der Waals surface area contributed by atoms with Crippen LogP contribution in [0.25, 0.3) is 0 Å². The molecule has 25 heavy (non-hydrogen) atoms. The van der Waals surface area contributed by atoms with Crippen molar-refractivity contribution >= 4 is 29.1 Å². The number of hydrogen-bond acceptors (Lipinski definition) is 3. The Hall–Kier alpha value is -1.75. The SMILES string of the molecule is O=C(COc1cc(Cl)ccc1Cl)NC1CCN(Cc2ccccc2)C1. The quantitative estimate of drug-likeness (QED) is 0.831. The van der Waals surface area contributed by atoms with Gasteiger partial charge in [-0.25, -0.2) is 0 Å².